The molecule has 1 saturated heterocycles. The summed E-state index contributed by atoms with van der Waals surface area (Å²) in [6.07, 6.45) is 19.1. The lowest BCUT2D eigenvalue weighted by molar-refractivity contribution is -0.125. The fraction of sp³-hybridized carbons (Fsp3) is 0.560. The number of ketones is 1. The molecular formula is C25H37NO3. The quantitative estimate of drug-likeness (QED) is 0.447. The minimum atomic E-state index is 0.217. The summed E-state index contributed by atoms with van der Waals surface area (Å²) in [4.78, 5) is 12.4. The monoisotopic (exact) mass is 399 g/mol. The minimum Gasteiger partial charge on any atom is -0.493 e. The molecule has 29 heavy (non-hydrogen) atoms. The fourth-order valence-corrected chi connectivity index (χ4v) is 3.87. The lowest BCUT2D eigenvalue weighted by Crippen LogP contribution is -2.23. The van der Waals surface area contributed by atoms with E-state index in [0.29, 0.717) is 24.7 Å². The van der Waals surface area contributed by atoms with Crippen LogP contribution in [0.15, 0.2) is 60.1 Å². The maximum atomic E-state index is 12.4. The zero-order valence-corrected chi connectivity index (χ0v) is 17.9. The summed E-state index contributed by atoms with van der Waals surface area (Å²) >= 11 is 0. The Bertz CT molecular complexity index is 651. The molecule has 1 heterocycles. The van der Waals surface area contributed by atoms with Gasteiger partial charge in [0.15, 0.2) is 0 Å². The van der Waals surface area contributed by atoms with Crippen LogP contribution in [0.2, 0.25) is 0 Å². The molecular weight excluding hydrogens is 362 g/mol. The standard InChI is InChI=1S/C25H37NO3/c1-3-7-20(9-5-12-25(27)22-15-17-28-18-16-22)19-29-23-11-6-10-21(13-14-23)24(26)8-4-2/h4,6,8,11,13-14,20,22H,2-3,5,7,9-10,12,15-19,26H2,1H3/b24-8-. The third-order valence-corrected chi connectivity index (χ3v) is 5.63. The van der Waals surface area contributed by atoms with E-state index < -0.39 is 0 Å². The van der Waals surface area contributed by atoms with Crippen LogP contribution in [0, 0.1) is 11.8 Å². The third-order valence-electron chi connectivity index (χ3n) is 5.63. The van der Waals surface area contributed by atoms with Crippen molar-refractivity contribution in [2.24, 2.45) is 17.6 Å². The van der Waals surface area contributed by atoms with Crippen LogP contribution in [0.4, 0.5) is 0 Å². The number of carbonyl (C=O) groups is 1. The first-order valence-electron chi connectivity index (χ1n) is 11.0. The Morgan fingerprint density at radius 3 is 2.86 bits per heavy atom. The van der Waals surface area contributed by atoms with Crippen molar-refractivity contribution in [1.82, 2.24) is 0 Å². The molecule has 0 amide bonds. The Labute approximate surface area is 176 Å². The summed E-state index contributed by atoms with van der Waals surface area (Å²) < 4.78 is 11.4. The lowest BCUT2D eigenvalue weighted by Gasteiger charge is -2.21. The van der Waals surface area contributed by atoms with E-state index in [9.17, 15) is 4.79 Å². The van der Waals surface area contributed by atoms with E-state index in [1.807, 2.05) is 24.3 Å². The SMILES string of the molecule is C=C/C=C(\N)C1=CC=C(OCC(CCC)CCCC(=O)C2CCOCC2)C=CC1. The molecule has 160 valence electrons. The first kappa shape index (κ1) is 23.2. The van der Waals surface area contributed by atoms with Gasteiger partial charge in [0.25, 0.3) is 0 Å². The first-order valence-corrected chi connectivity index (χ1v) is 11.0. The van der Waals surface area contributed by atoms with Crippen LogP contribution in [0.1, 0.15) is 58.3 Å². The van der Waals surface area contributed by atoms with Crippen LogP contribution in [-0.2, 0) is 14.3 Å². The van der Waals surface area contributed by atoms with Gasteiger partial charge in [-0.05, 0) is 68.2 Å². The Kier molecular flexibility index (Phi) is 10.6. The largest absolute Gasteiger partial charge is 0.493 e. The average Bonchev–Trinajstić information content (AvgIpc) is 2.98. The molecule has 0 aromatic carbocycles. The molecule has 2 aliphatic rings. The van der Waals surface area contributed by atoms with Crippen molar-refractivity contribution in [2.45, 2.75) is 58.3 Å². The molecule has 2 rings (SSSR count). The second-order valence-electron chi connectivity index (χ2n) is 7.94. The number of nitrogens with two attached hydrogens (primary N) is 1. The van der Waals surface area contributed by atoms with E-state index in [4.69, 9.17) is 15.2 Å². The van der Waals surface area contributed by atoms with E-state index >= 15 is 0 Å². The average molecular weight is 400 g/mol. The highest BCUT2D eigenvalue weighted by molar-refractivity contribution is 5.81. The van der Waals surface area contributed by atoms with E-state index in [-0.39, 0.29) is 5.92 Å². The molecule has 1 fully saturated rings. The van der Waals surface area contributed by atoms with E-state index in [1.165, 1.54) is 0 Å². The van der Waals surface area contributed by atoms with E-state index in [1.54, 1.807) is 6.08 Å². The predicted molar refractivity (Wildman–Crippen MR) is 119 cm³/mol. The Balaban J connectivity index is 1.80. The Morgan fingerprint density at radius 2 is 2.14 bits per heavy atom. The molecule has 0 bridgehead atoms. The van der Waals surface area contributed by atoms with Crippen molar-refractivity contribution in [3.05, 3.63) is 60.1 Å². The molecule has 1 aliphatic heterocycles. The van der Waals surface area contributed by atoms with E-state index in [0.717, 1.165) is 75.2 Å². The van der Waals surface area contributed by atoms with Crippen molar-refractivity contribution in [1.29, 1.82) is 0 Å². The van der Waals surface area contributed by atoms with Crippen LogP contribution >= 0.6 is 0 Å². The zero-order chi connectivity index (χ0) is 20.9. The second kappa shape index (κ2) is 13.2. The molecule has 1 aliphatic carbocycles. The van der Waals surface area contributed by atoms with Gasteiger partial charge in [-0.15, -0.1) is 0 Å². The van der Waals surface area contributed by atoms with Gasteiger partial charge in [0.1, 0.15) is 11.5 Å². The maximum absolute atomic E-state index is 12.4. The number of carbonyl (C=O) groups excluding carboxylic acids is 1. The van der Waals surface area contributed by atoms with Gasteiger partial charge in [-0.1, -0.05) is 38.2 Å². The molecule has 2 N–H and O–H groups in total. The summed E-state index contributed by atoms with van der Waals surface area (Å²) in [5.74, 6) is 1.98. The van der Waals surface area contributed by atoms with Crippen LogP contribution < -0.4 is 5.73 Å². The number of hydrogen-bond acceptors (Lipinski definition) is 4. The fourth-order valence-electron chi connectivity index (χ4n) is 3.87. The topological polar surface area (TPSA) is 61.5 Å². The molecule has 0 aromatic rings. The minimum absolute atomic E-state index is 0.217. The normalized spacial score (nSPS) is 19.1. The number of rotatable bonds is 12. The number of hydrogen-bond donors (Lipinski definition) is 1. The number of Topliss-reactive ketones (excluding diaryl/α,β-unsaturated/α-hetero) is 1. The van der Waals surface area contributed by atoms with Crippen LogP contribution in [0.5, 0.6) is 0 Å². The molecule has 0 radical (unpaired) electrons. The Hall–Kier alpha value is -2.07. The third kappa shape index (κ3) is 8.45. The highest BCUT2D eigenvalue weighted by Crippen LogP contribution is 2.22. The van der Waals surface area contributed by atoms with Crippen molar-refractivity contribution in [3.8, 4) is 0 Å². The molecule has 1 atom stereocenters. The summed E-state index contributed by atoms with van der Waals surface area (Å²) in [5, 5.41) is 0. The lowest BCUT2D eigenvalue weighted by atomic mass is 9.90. The van der Waals surface area contributed by atoms with Crippen LogP contribution in [0.3, 0.4) is 0 Å². The van der Waals surface area contributed by atoms with Gasteiger partial charge < -0.3 is 15.2 Å². The van der Waals surface area contributed by atoms with Crippen molar-refractivity contribution < 1.29 is 14.3 Å². The van der Waals surface area contributed by atoms with E-state index in [2.05, 4.69) is 19.6 Å². The smallest absolute Gasteiger partial charge is 0.136 e. The van der Waals surface area contributed by atoms with Gasteiger partial charge in [-0.25, -0.2) is 0 Å². The summed E-state index contributed by atoms with van der Waals surface area (Å²) in [6, 6.07) is 0. The van der Waals surface area contributed by atoms with Crippen LogP contribution in [-0.4, -0.2) is 25.6 Å². The summed E-state index contributed by atoms with van der Waals surface area (Å²) in [7, 11) is 0. The molecule has 0 saturated carbocycles. The second-order valence-corrected chi connectivity index (χ2v) is 7.94. The molecule has 4 nitrogen and oxygen atoms in total. The van der Waals surface area contributed by atoms with Gasteiger partial charge in [0, 0.05) is 31.2 Å². The zero-order valence-electron chi connectivity index (χ0n) is 17.9. The van der Waals surface area contributed by atoms with Gasteiger partial charge >= 0.3 is 0 Å². The first-order chi connectivity index (χ1) is 14.1. The Morgan fingerprint density at radius 1 is 1.34 bits per heavy atom. The van der Waals surface area contributed by atoms with Gasteiger partial charge in [-0.3, -0.25) is 4.79 Å². The van der Waals surface area contributed by atoms with Gasteiger partial charge in [0.2, 0.25) is 0 Å². The number of ether oxygens (including phenoxy) is 2. The molecule has 0 aromatic heterocycles. The van der Waals surface area contributed by atoms with Crippen molar-refractivity contribution in [3.63, 3.8) is 0 Å². The van der Waals surface area contributed by atoms with Gasteiger partial charge in [0.05, 0.1) is 6.61 Å². The maximum Gasteiger partial charge on any atom is 0.136 e. The molecule has 0 spiro atoms. The molecule has 4 heteroatoms. The highest BCUT2D eigenvalue weighted by atomic mass is 16.5. The van der Waals surface area contributed by atoms with Crippen molar-refractivity contribution in [2.75, 3.05) is 19.8 Å². The van der Waals surface area contributed by atoms with Crippen LogP contribution in [0.25, 0.3) is 0 Å². The van der Waals surface area contributed by atoms with Crippen molar-refractivity contribution >= 4 is 5.78 Å². The summed E-state index contributed by atoms with van der Waals surface area (Å²) in [5.41, 5.74) is 7.85. The van der Waals surface area contributed by atoms with Gasteiger partial charge in [-0.2, -0.15) is 0 Å². The predicted octanol–water partition coefficient (Wildman–Crippen LogP) is 5.38. The highest BCUT2D eigenvalue weighted by Gasteiger charge is 2.21. The number of allylic oxidation sites excluding steroid dienone is 7. The summed E-state index contributed by atoms with van der Waals surface area (Å²) in [6.45, 7) is 8.05. The molecule has 1 unspecified atom stereocenters.